The summed E-state index contributed by atoms with van der Waals surface area (Å²) in [6, 6.07) is 19.3. The number of benzene rings is 2. The molecular weight excluding hydrogens is 414 g/mol. The lowest BCUT2D eigenvalue weighted by Crippen LogP contribution is -2.26. The van der Waals surface area contributed by atoms with Crippen molar-refractivity contribution in [3.05, 3.63) is 95.4 Å². The lowest BCUT2D eigenvalue weighted by Gasteiger charge is -2.11. The van der Waals surface area contributed by atoms with Crippen LogP contribution in [0.5, 0.6) is 0 Å². The van der Waals surface area contributed by atoms with Gasteiger partial charge in [-0.05, 0) is 42.3 Å². The summed E-state index contributed by atoms with van der Waals surface area (Å²) in [6.07, 6.45) is 1.81. The van der Waals surface area contributed by atoms with Crippen LogP contribution in [0.2, 0.25) is 0 Å². The fourth-order valence-electron chi connectivity index (χ4n) is 3.14. The zero-order valence-corrected chi connectivity index (χ0v) is 17.6. The molecule has 0 aliphatic heterocycles. The molecule has 1 amide bonds. The number of nitrogens with one attached hydrogen (secondary N) is 2. The third-order valence-electron chi connectivity index (χ3n) is 4.86. The summed E-state index contributed by atoms with van der Waals surface area (Å²) in [5, 5.41) is 10.9. The number of nitrogens with zero attached hydrogens (tertiary/aromatic N) is 3. The van der Waals surface area contributed by atoms with E-state index in [-0.39, 0.29) is 29.5 Å². The average Bonchev–Trinajstić information content (AvgIpc) is 3.20. The Bertz CT molecular complexity index is 1330. The van der Waals surface area contributed by atoms with Crippen LogP contribution in [-0.4, -0.2) is 28.9 Å². The molecule has 4 rings (SSSR count). The van der Waals surface area contributed by atoms with E-state index < -0.39 is 10.0 Å². The van der Waals surface area contributed by atoms with Gasteiger partial charge in [0.1, 0.15) is 0 Å². The molecule has 31 heavy (non-hydrogen) atoms. The van der Waals surface area contributed by atoms with Crippen LogP contribution in [0.25, 0.3) is 5.65 Å². The first-order valence-electron chi connectivity index (χ1n) is 9.65. The number of aromatic nitrogens is 3. The maximum absolute atomic E-state index is 12.8. The van der Waals surface area contributed by atoms with Gasteiger partial charge in [0.05, 0.1) is 11.4 Å². The predicted molar refractivity (Wildman–Crippen MR) is 116 cm³/mol. The molecule has 0 fully saturated rings. The van der Waals surface area contributed by atoms with E-state index in [1.54, 1.807) is 17.4 Å². The Labute approximate surface area is 180 Å². The van der Waals surface area contributed by atoms with Gasteiger partial charge in [0.2, 0.25) is 10.0 Å². The Morgan fingerprint density at radius 1 is 0.968 bits per heavy atom. The van der Waals surface area contributed by atoms with Crippen LogP contribution in [0, 0.1) is 6.92 Å². The zero-order valence-electron chi connectivity index (χ0n) is 16.8. The number of sulfonamides is 1. The zero-order chi connectivity index (χ0) is 21.8. The normalized spacial score (nSPS) is 11.5. The molecule has 0 radical (unpaired) electrons. The number of aryl methyl sites for hydroxylation is 1. The van der Waals surface area contributed by atoms with Crippen LogP contribution < -0.4 is 10.0 Å². The van der Waals surface area contributed by atoms with Crippen molar-refractivity contribution in [2.45, 2.75) is 24.9 Å². The minimum absolute atomic E-state index is 0.0344. The smallest absolute Gasteiger partial charge is 0.251 e. The SMILES string of the molecule is Cc1ccc(S(=O)(=O)NCc2ccccc2)cc1C(=O)NCc1nnc2ccccn12. The van der Waals surface area contributed by atoms with Gasteiger partial charge in [-0.3, -0.25) is 9.20 Å². The number of pyridine rings is 1. The van der Waals surface area contributed by atoms with Gasteiger partial charge in [-0.1, -0.05) is 42.5 Å². The number of fused-ring (bicyclic) bond motifs is 1. The van der Waals surface area contributed by atoms with Crippen LogP contribution >= 0.6 is 0 Å². The van der Waals surface area contributed by atoms with Gasteiger partial charge >= 0.3 is 0 Å². The highest BCUT2D eigenvalue weighted by molar-refractivity contribution is 7.89. The summed E-state index contributed by atoms with van der Waals surface area (Å²) in [7, 11) is -3.77. The van der Waals surface area contributed by atoms with Crippen LogP contribution in [0.4, 0.5) is 0 Å². The van der Waals surface area contributed by atoms with Crippen molar-refractivity contribution in [3.63, 3.8) is 0 Å². The van der Waals surface area contributed by atoms with Gasteiger partial charge in [-0.15, -0.1) is 10.2 Å². The topological polar surface area (TPSA) is 105 Å². The fourth-order valence-corrected chi connectivity index (χ4v) is 4.18. The molecular formula is C22H21N5O3S. The Hall–Kier alpha value is -3.56. The molecule has 4 aromatic rings. The average molecular weight is 436 g/mol. The fraction of sp³-hybridized carbons (Fsp3) is 0.136. The highest BCUT2D eigenvalue weighted by Gasteiger charge is 2.18. The summed E-state index contributed by atoms with van der Waals surface area (Å²) in [4.78, 5) is 12.8. The Morgan fingerprint density at radius 2 is 1.74 bits per heavy atom. The minimum Gasteiger partial charge on any atom is -0.345 e. The summed E-state index contributed by atoms with van der Waals surface area (Å²) < 4.78 is 29.8. The molecule has 0 aliphatic carbocycles. The molecule has 0 saturated carbocycles. The monoisotopic (exact) mass is 435 g/mol. The second-order valence-electron chi connectivity index (χ2n) is 7.01. The van der Waals surface area contributed by atoms with Crippen molar-refractivity contribution in [2.24, 2.45) is 0 Å². The Balaban J connectivity index is 1.49. The second-order valence-corrected chi connectivity index (χ2v) is 8.78. The van der Waals surface area contributed by atoms with E-state index in [4.69, 9.17) is 0 Å². The number of hydrogen-bond acceptors (Lipinski definition) is 5. The lowest BCUT2D eigenvalue weighted by molar-refractivity contribution is 0.0949. The first-order chi connectivity index (χ1) is 14.9. The van der Waals surface area contributed by atoms with E-state index in [2.05, 4.69) is 20.2 Å². The van der Waals surface area contributed by atoms with Crippen LogP contribution in [0.3, 0.4) is 0 Å². The maximum atomic E-state index is 12.8. The van der Waals surface area contributed by atoms with Crippen molar-refractivity contribution in [1.29, 1.82) is 0 Å². The van der Waals surface area contributed by atoms with Crippen LogP contribution in [0.1, 0.15) is 27.3 Å². The van der Waals surface area contributed by atoms with E-state index in [0.717, 1.165) is 5.56 Å². The summed E-state index contributed by atoms with van der Waals surface area (Å²) in [6.45, 7) is 2.08. The predicted octanol–water partition coefficient (Wildman–Crippen LogP) is 2.45. The van der Waals surface area contributed by atoms with Gasteiger partial charge in [-0.25, -0.2) is 13.1 Å². The number of hydrogen-bond donors (Lipinski definition) is 2. The van der Waals surface area contributed by atoms with Crippen molar-refractivity contribution in [2.75, 3.05) is 0 Å². The van der Waals surface area contributed by atoms with E-state index in [0.29, 0.717) is 17.0 Å². The third kappa shape index (κ3) is 4.62. The lowest BCUT2D eigenvalue weighted by atomic mass is 10.1. The van der Waals surface area contributed by atoms with Gasteiger partial charge in [0.15, 0.2) is 11.5 Å². The second kappa shape index (κ2) is 8.66. The molecule has 2 heterocycles. The summed E-state index contributed by atoms with van der Waals surface area (Å²) in [5.74, 6) is 0.195. The van der Waals surface area contributed by atoms with E-state index in [1.165, 1.54) is 12.1 Å². The van der Waals surface area contributed by atoms with E-state index in [1.807, 2.05) is 54.7 Å². The van der Waals surface area contributed by atoms with Crippen molar-refractivity contribution >= 4 is 21.6 Å². The molecule has 0 spiro atoms. The van der Waals surface area contributed by atoms with Crippen molar-refractivity contribution < 1.29 is 13.2 Å². The number of amides is 1. The third-order valence-corrected chi connectivity index (χ3v) is 6.26. The van der Waals surface area contributed by atoms with E-state index >= 15 is 0 Å². The van der Waals surface area contributed by atoms with Crippen LogP contribution in [-0.2, 0) is 23.1 Å². The minimum atomic E-state index is -3.77. The van der Waals surface area contributed by atoms with Crippen molar-refractivity contribution in [3.8, 4) is 0 Å². The first-order valence-corrected chi connectivity index (χ1v) is 11.1. The Morgan fingerprint density at radius 3 is 2.55 bits per heavy atom. The molecule has 0 saturated heterocycles. The van der Waals surface area contributed by atoms with Crippen LogP contribution in [0.15, 0.2) is 77.8 Å². The van der Waals surface area contributed by atoms with Gasteiger partial charge in [-0.2, -0.15) is 0 Å². The number of carbonyl (C=O) groups excluding carboxylic acids is 1. The Kier molecular flexibility index (Phi) is 5.79. The molecule has 2 N–H and O–H groups in total. The molecule has 0 aliphatic rings. The van der Waals surface area contributed by atoms with Crippen molar-refractivity contribution in [1.82, 2.24) is 24.6 Å². The first kappa shape index (κ1) is 20.7. The molecule has 158 valence electrons. The molecule has 0 bridgehead atoms. The molecule has 2 aromatic carbocycles. The molecule has 0 atom stereocenters. The van der Waals surface area contributed by atoms with Gasteiger partial charge < -0.3 is 5.32 Å². The largest absolute Gasteiger partial charge is 0.345 e. The molecule has 9 heteroatoms. The van der Waals surface area contributed by atoms with Gasteiger partial charge in [0.25, 0.3) is 5.91 Å². The van der Waals surface area contributed by atoms with Gasteiger partial charge in [0, 0.05) is 18.3 Å². The quantitative estimate of drug-likeness (QED) is 0.464. The molecule has 2 aromatic heterocycles. The molecule has 0 unspecified atom stereocenters. The molecule has 8 nitrogen and oxygen atoms in total. The maximum Gasteiger partial charge on any atom is 0.251 e. The highest BCUT2D eigenvalue weighted by Crippen LogP contribution is 2.16. The van der Waals surface area contributed by atoms with E-state index in [9.17, 15) is 13.2 Å². The summed E-state index contributed by atoms with van der Waals surface area (Å²) >= 11 is 0. The number of carbonyl (C=O) groups is 1. The summed E-state index contributed by atoms with van der Waals surface area (Å²) in [5.41, 5.74) is 2.49. The number of rotatable bonds is 7. The highest BCUT2D eigenvalue weighted by atomic mass is 32.2. The standard InChI is InChI=1S/C22H21N5O3S/c1-16-10-11-18(31(29,30)24-14-17-7-3-2-4-8-17)13-19(16)22(28)23-15-21-26-25-20-9-5-6-12-27(20)21/h2-13,24H,14-15H2,1H3,(H,23,28).